The van der Waals surface area contributed by atoms with Crippen molar-refractivity contribution in [1.29, 1.82) is 0 Å². The minimum Gasteiger partial charge on any atom is -0.376 e. The number of ketones is 1. The lowest BCUT2D eigenvalue weighted by atomic mass is 9.91. The van der Waals surface area contributed by atoms with Crippen molar-refractivity contribution in [1.82, 2.24) is 25.1 Å². The SMILES string of the molecule is O=C(c1cccnc1)c1cc(C(=O)N2CCC[C@H]2C(=O)NCc2cc(Cl)ccc2CC2CNC2)n(CO)c1. The van der Waals surface area contributed by atoms with Gasteiger partial charge in [-0.05, 0) is 79.7 Å². The van der Waals surface area contributed by atoms with Crippen LogP contribution in [0.3, 0.4) is 0 Å². The lowest BCUT2D eigenvalue weighted by molar-refractivity contribution is -0.125. The number of aromatic nitrogens is 2. The van der Waals surface area contributed by atoms with Gasteiger partial charge in [-0.3, -0.25) is 19.4 Å². The summed E-state index contributed by atoms with van der Waals surface area (Å²) in [5.41, 5.74) is 2.94. The number of aliphatic hydroxyl groups is 1. The first-order valence-corrected chi connectivity index (χ1v) is 13.1. The van der Waals surface area contributed by atoms with E-state index in [0.717, 1.165) is 30.6 Å². The third-order valence-corrected chi connectivity index (χ3v) is 7.50. The molecule has 2 saturated heterocycles. The summed E-state index contributed by atoms with van der Waals surface area (Å²) in [7, 11) is 0. The molecule has 10 heteroatoms. The summed E-state index contributed by atoms with van der Waals surface area (Å²) >= 11 is 6.24. The molecule has 2 amide bonds. The van der Waals surface area contributed by atoms with Crippen molar-refractivity contribution in [3.05, 3.63) is 88.0 Å². The van der Waals surface area contributed by atoms with Crippen LogP contribution in [0.15, 0.2) is 55.0 Å². The molecule has 0 aliphatic carbocycles. The highest BCUT2D eigenvalue weighted by Crippen LogP contribution is 2.24. The summed E-state index contributed by atoms with van der Waals surface area (Å²) in [6.45, 7) is 2.23. The first-order valence-electron chi connectivity index (χ1n) is 12.8. The minimum absolute atomic E-state index is 0.158. The van der Waals surface area contributed by atoms with Crippen LogP contribution in [0, 0.1) is 5.92 Å². The molecule has 2 aromatic heterocycles. The molecule has 2 aliphatic heterocycles. The van der Waals surface area contributed by atoms with E-state index in [-0.39, 0.29) is 22.9 Å². The van der Waals surface area contributed by atoms with Gasteiger partial charge in [0.15, 0.2) is 5.78 Å². The van der Waals surface area contributed by atoms with Crippen LogP contribution in [0.25, 0.3) is 0 Å². The maximum Gasteiger partial charge on any atom is 0.271 e. The van der Waals surface area contributed by atoms with E-state index in [1.54, 1.807) is 18.3 Å². The molecule has 4 heterocycles. The smallest absolute Gasteiger partial charge is 0.271 e. The highest BCUT2D eigenvalue weighted by atomic mass is 35.5. The van der Waals surface area contributed by atoms with Gasteiger partial charge in [-0.1, -0.05) is 17.7 Å². The lowest BCUT2D eigenvalue weighted by Crippen LogP contribution is -2.46. The number of halogens is 1. The van der Waals surface area contributed by atoms with Crippen LogP contribution in [0.2, 0.25) is 5.02 Å². The third-order valence-electron chi connectivity index (χ3n) is 7.27. The fraction of sp³-hybridized carbons (Fsp3) is 0.357. The zero-order valence-electron chi connectivity index (χ0n) is 20.9. The van der Waals surface area contributed by atoms with Crippen LogP contribution in [0.4, 0.5) is 0 Å². The molecule has 3 aromatic rings. The summed E-state index contributed by atoms with van der Waals surface area (Å²) in [4.78, 5) is 45.1. The van der Waals surface area contributed by atoms with Gasteiger partial charge in [0.05, 0.1) is 0 Å². The Morgan fingerprint density at radius 2 is 1.97 bits per heavy atom. The Bertz CT molecular complexity index is 1340. The maximum absolute atomic E-state index is 13.5. The number of aliphatic hydroxyl groups excluding tert-OH is 1. The molecule has 0 spiro atoms. The van der Waals surface area contributed by atoms with Crippen molar-refractivity contribution in [2.75, 3.05) is 19.6 Å². The molecule has 0 bridgehead atoms. The number of hydrogen-bond donors (Lipinski definition) is 3. The number of amides is 2. The van der Waals surface area contributed by atoms with Crippen LogP contribution >= 0.6 is 11.6 Å². The Kier molecular flexibility index (Phi) is 7.87. The molecule has 2 aliphatic rings. The number of pyridine rings is 1. The van der Waals surface area contributed by atoms with Crippen molar-refractivity contribution in [3.8, 4) is 0 Å². The molecule has 2 fully saturated rings. The molecular weight excluding hydrogens is 506 g/mol. The van der Waals surface area contributed by atoms with E-state index in [4.69, 9.17) is 11.6 Å². The highest BCUT2D eigenvalue weighted by molar-refractivity contribution is 6.30. The molecule has 0 saturated carbocycles. The molecule has 1 atom stereocenters. The van der Waals surface area contributed by atoms with E-state index in [2.05, 4.69) is 15.6 Å². The van der Waals surface area contributed by atoms with Gasteiger partial charge in [0.1, 0.15) is 18.5 Å². The fourth-order valence-corrected chi connectivity index (χ4v) is 5.28. The predicted molar refractivity (Wildman–Crippen MR) is 142 cm³/mol. The molecule has 1 aromatic carbocycles. The highest BCUT2D eigenvalue weighted by Gasteiger charge is 2.36. The van der Waals surface area contributed by atoms with Crippen LogP contribution in [-0.2, 0) is 24.5 Å². The predicted octanol–water partition coefficient (Wildman–Crippen LogP) is 2.40. The van der Waals surface area contributed by atoms with Gasteiger partial charge in [0.2, 0.25) is 5.91 Å². The number of carbonyl (C=O) groups is 3. The van der Waals surface area contributed by atoms with Crippen molar-refractivity contribution < 1.29 is 19.5 Å². The summed E-state index contributed by atoms with van der Waals surface area (Å²) in [6.07, 6.45) is 6.61. The summed E-state index contributed by atoms with van der Waals surface area (Å²) in [5, 5.41) is 16.8. The Labute approximate surface area is 225 Å². The Hall–Kier alpha value is -3.53. The molecule has 38 heavy (non-hydrogen) atoms. The van der Waals surface area contributed by atoms with Crippen molar-refractivity contribution in [2.24, 2.45) is 5.92 Å². The van der Waals surface area contributed by atoms with E-state index < -0.39 is 18.7 Å². The maximum atomic E-state index is 13.5. The number of carbonyl (C=O) groups excluding carboxylic acids is 3. The van der Waals surface area contributed by atoms with Crippen LogP contribution in [0.5, 0.6) is 0 Å². The van der Waals surface area contributed by atoms with Crippen molar-refractivity contribution in [3.63, 3.8) is 0 Å². The Morgan fingerprint density at radius 3 is 2.68 bits per heavy atom. The number of rotatable bonds is 9. The van der Waals surface area contributed by atoms with E-state index >= 15 is 0 Å². The van der Waals surface area contributed by atoms with Gasteiger partial charge in [-0.25, -0.2) is 0 Å². The van der Waals surface area contributed by atoms with Gasteiger partial charge in [0.25, 0.3) is 5.91 Å². The number of nitrogens with one attached hydrogen (secondary N) is 2. The van der Waals surface area contributed by atoms with E-state index in [9.17, 15) is 19.5 Å². The van der Waals surface area contributed by atoms with Crippen molar-refractivity contribution in [2.45, 2.75) is 38.6 Å². The normalized spacial score (nSPS) is 17.3. The van der Waals surface area contributed by atoms with Crippen LogP contribution < -0.4 is 10.6 Å². The summed E-state index contributed by atoms with van der Waals surface area (Å²) in [5.74, 6) is -0.361. The van der Waals surface area contributed by atoms with Gasteiger partial charge in [0, 0.05) is 47.8 Å². The average molecular weight is 536 g/mol. The fourth-order valence-electron chi connectivity index (χ4n) is 5.09. The second kappa shape index (κ2) is 11.5. The van der Waals surface area contributed by atoms with E-state index in [1.807, 2.05) is 18.2 Å². The zero-order chi connectivity index (χ0) is 26.6. The molecule has 0 radical (unpaired) electrons. The minimum atomic E-state index is -0.638. The molecule has 3 N–H and O–H groups in total. The molecule has 0 unspecified atom stereocenters. The second-order valence-corrected chi connectivity index (χ2v) is 10.2. The standard InChI is InChI=1S/C28H30ClN5O4/c29-23-6-5-19(9-18-12-31-13-18)21(10-23)15-32-27(37)24-4-2-8-34(24)28(38)25-11-22(16-33(25)17-35)26(36)20-3-1-7-30-14-20/h1,3,5-7,10-11,14,16,18,24,31,35H,2,4,8-9,12-13,15,17H2,(H,32,37)/t24-/m0/s1. The Balaban J connectivity index is 1.29. The van der Waals surface area contributed by atoms with Gasteiger partial charge < -0.3 is 25.2 Å². The number of hydrogen-bond acceptors (Lipinski definition) is 6. The molecular formula is C28H30ClN5O4. The van der Waals surface area contributed by atoms with Crippen molar-refractivity contribution >= 4 is 29.2 Å². The lowest BCUT2D eigenvalue weighted by Gasteiger charge is -2.28. The third kappa shape index (κ3) is 5.50. The average Bonchev–Trinajstić information content (AvgIpc) is 3.58. The molecule has 198 valence electrons. The topological polar surface area (TPSA) is 117 Å². The molecule has 9 nitrogen and oxygen atoms in total. The van der Waals surface area contributed by atoms with Crippen LogP contribution in [0.1, 0.15) is 50.4 Å². The number of likely N-dealkylation sites (tertiary alicyclic amines) is 1. The molecule has 5 rings (SSSR count). The van der Waals surface area contributed by atoms with E-state index in [1.165, 1.54) is 27.9 Å². The van der Waals surface area contributed by atoms with Gasteiger partial charge >= 0.3 is 0 Å². The van der Waals surface area contributed by atoms with Gasteiger partial charge in [-0.15, -0.1) is 0 Å². The van der Waals surface area contributed by atoms with E-state index in [0.29, 0.717) is 42.4 Å². The first kappa shape index (κ1) is 26.1. The Morgan fingerprint density at radius 1 is 1.13 bits per heavy atom. The zero-order valence-corrected chi connectivity index (χ0v) is 21.7. The van der Waals surface area contributed by atoms with Gasteiger partial charge in [-0.2, -0.15) is 0 Å². The largest absolute Gasteiger partial charge is 0.376 e. The number of benzene rings is 1. The monoisotopic (exact) mass is 535 g/mol. The first-order chi connectivity index (χ1) is 18.4. The second-order valence-electron chi connectivity index (χ2n) is 9.81. The van der Waals surface area contributed by atoms with Crippen LogP contribution in [-0.4, -0.2) is 62.8 Å². The number of nitrogens with zero attached hydrogens (tertiary/aromatic N) is 3. The summed E-state index contributed by atoms with van der Waals surface area (Å²) in [6, 6.07) is 9.90. The quantitative estimate of drug-likeness (QED) is 0.362. The summed E-state index contributed by atoms with van der Waals surface area (Å²) < 4.78 is 1.33.